The lowest BCUT2D eigenvalue weighted by Gasteiger charge is -2.47. The van der Waals surface area contributed by atoms with Crippen molar-refractivity contribution in [3.05, 3.63) is 42.6 Å². The van der Waals surface area contributed by atoms with Crippen molar-refractivity contribution in [2.75, 3.05) is 50.7 Å². The highest BCUT2D eigenvalue weighted by molar-refractivity contribution is 5.92. The van der Waals surface area contributed by atoms with E-state index >= 15 is 8.78 Å². The van der Waals surface area contributed by atoms with E-state index < -0.39 is 11.6 Å². The van der Waals surface area contributed by atoms with E-state index in [1.165, 1.54) is 20.3 Å². The molecule has 2 unspecified atom stereocenters. The molecule has 4 aliphatic heterocycles. The highest BCUT2D eigenvalue weighted by atomic mass is 19.1. The fourth-order valence-corrected chi connectivity index (χ4v) is 5.55. The molecule has 4 fully saturated rings. The molecule has 40 heavy (non-hydrogen) atoms. The summed E-state index contributed by atoms with van der Waals surface area (Å²) in [5.41, 5.74) is 0.222. The minimum Gasteiger partial charge on any atom is -0.494 e. The number of nitrogens with one attached hydrogen (secondary N) is 1. The van der Waals surface area contributed by atoms with Gasteiger partial charge in [-0.2, -0.15) is 0 Å². The summed E-state index contributed by atoms with van der Waals surface area (Å²) in [4.78, 5) is 28.0. The zero-order valence-electron chi connectivity index (χ0n) is 22.2. The highest BCUT2D eigenvalue weighted by Gasteiger charge is 2.40. The molecule has 4 saturated heterocycles. The van der Waals surface area contributed by atoms with Crippen LogP contribution in [0.15, 0.2) is 31.0 Å². The Morgan fingerprint density at radius 2 is 1.85 bits per heavy atom. The fraction of sp³-hybridized carbons (Fsp3) is 0.429. The van der Waals surface area contributed by atoms with E-state index in [0.29, 0.717) is 55.4 Å². The number of methoxy groups -OCH3 is 2. The molecule has 4 aliphatic rings. The molecule has 7 rings (SSSR count). The second-order valence-electron chi connectivity index (χ2n) is 10.2. The molecular weight excluding hydrogens is 524 g/mol. The monoisotopic (exact) mass is 553 g/mol. The van der Waals surface area contributed by atoms with Gasteiger partial charge in [0.1, 0.15) is 5.52 Å². The van der Waals surface area contributed by atoms with E-state index in [0.717, 1.165) is 12.5 Å². The third-order valence-corrected chi connectivity index (χ3v) is 7.64. The first kappa shape index (κ1) is 26.3. The smallest absolute Gasteiger partial charge is 0.223 e. The van der Waals surface area contributed by atoms with Crippen LogP contribution in [-0.4, -0.2) is 79.5 Å². The number of halogens is 2. The van der Waals surface area contributed by atoms with Gasteiger partial charge in [-0.1, -0.05) is 6.58 Å². The van der Waals surface area contributed by atoms with Crippen LogP contribution >= 0.6 is 0 Å². The standard InChI is InChI=1S/C28H29F2N5O5/c1-4-16(36)5-15-12-39-13-20(15)33-28-31-9-14-6-19(23-24(29)21(37-2)8-22(38-3)25(23)30)32-27(26(14)34-28)35-10-17-7-18(11-35)40-17/h4,6,8-9,15,17-18,20H,1,5,7,10-13H2,2-3H3,(H,31,33,34)/t15-,17?,18?,20+/m0/s1. The lowest BCUT2D eigenvalue weighted by Crippen LogP contribution is -2.57. The molecule has 0 amide bonds. The SMILES string of the molecule is C=CC(=O)C[C@H]1COC[C@H]1Nc1ncc2cc(-c3c(F)c(OC)cc(OC)c3F)nc(N3CC4CC(C3)O4)c2n1. The van der Waals surface area contributed by atoms with E-state index in [1.807, 2.05) is 4.90 Å². The number of pyridine rings is 1. The lowest BCUT2D eigenvalue weighted by atomic mass is 9.97. The number of allylic oxidation sites excluding steroid dienone is 1. The Labute approximate surface area is 229 Å². The van der Waals surface area contributed by atoms with Gasteiger partial charge in [0.05, 0.1) is 56.9 Å². The molecule has 2 aromatic heterocycles. The molecule has 3 aromatic rings. The van der Waals surface area contributed by atoms with Crippen molar-refractivity contribution in [1.82, 2.24) is 15.0 Å². The molecule has 0 radical (unpaired) electrons. The van der Waals surface area contributed by atoms with Crippen molar-refractivity contribution >= 4 is 28.5 Å². The zero-order chi connectivity index (χ0) is 28.0. The average Bonchev–Trinajstić information content (AvgIpc) is 3.38. The van der Waals surface area contributed by atoms with Crippen LogP contribution in [0.2, 0.25) is 0 Å². The minimum atomic E-state index is -0.885. The maximum atomic E-state index is 15.4. The van der Waals surface area contributed by atoms with Crippen LogP contribution < -0.4 is 19.7 Å². The average molecular weight is 554 g/mol. The third-order valence-electron chi connectivity index (χ3n) is 7.64. The molecule has 1 N–H and O–H groups in total. The van der Waals surface area contributed by atoms with Crippen molar-refractivity contribution < 1.29 is 32.5 Å². The number of ketones is 1. The molecule has 6 heterocycles. The number of nitrogens with zero attached hydrogens (tertiary/aromatic N) is 4. The Balaban J connectivity index is 1.43. The zero-order valence-corrected chi connectivity index (χ0v) is 22.2. The molecule has 4 atom stereocenters. The van der Waals surface area contributed by atoms with Gasteiger partial charge in [0, 0.05) is 49.5 Å². The van der Waals surface area contributed by atoms with Crippen LogP contribution in [0.5, 0.6) is 11.5 Å². The molecule has 2 bridgehead atoms. The van der Waals surface area contributed by atoms with Gasteiger partial charge >= 0.3 is 0 Å². The van der Waals surface area contributed by atoms with Crippen molar-refractivity contribution in [2.45, 2.75) is 31.1 Å². The summed E-state index contributed by atoms with van der Waals surface area (Å²) in [7, 11) is 2.60. The number of benzene rings is 1. The summed E-state index contributed by atoms with van der Waals surface area (Å²) in [6.07, 6.45) is 4.29. The molecule has 0 spiro atoms. The summed E-state index contributed by atoms with van der Waals surface area (Å²) in [5, 5.41) is 3.85. The van der Waals surface area contributed by atoms with E-state index in [4.69, 9.17) is 28.9 Å². The Bertz CT molecular complexity index is 1440. The van der Waals surface area contributed by atoms with E-state index in [1.54, 1.807) is 12.3 Å². The molecule has 210 valence electrons. The number of carbonyl (C=O) groups excluding carboxylic acids is 1. The largest absolute Gasteiger partial charge is 0.494 e. The van der Waals surface area contributed by atoms with Crippen LogP contribution in [0.1, 0.15) is 12.8 Å². The molecule has 12 heteroatoms. The number of morpholine rings is 1. The second-order valence-corrected chi connectivity index (χ2v) is 10.2. The summed E-state index contributed by atoms with van der Waals surface area (Å²) < 4.78 is 52.6. The number of hydrogen-bond acceptors (Lipinski definition) is 10. The summed E-state index contributed by atoms with van der Waals surface area (Å²) in [6.45, 7) is 5.55. The van der Waals surface area contributed by atoms with Gasteiger partial charge in [-0.05, 0) is 12.1 Å². The quantitative estimate of drug-likeness (QED) is 0.396. The van der Waals surface area contributed by atoms with E-state index in [2.05, 4.69) is 16.9 Å². The summed E-state index contributed by atoms with van der Waals surface area (Å²) in [6, 6.07) is 2.55. The maximum Gasteiger partial charge on any atom is 0.223 e. The first-order valence-electron chi connectivity index (χ1n) is 13.1. The van der Waals surface area contributed by atoms with Gasteiger partial charge in [0.2, 0.25) is 5.95 Å². The second kappa shape index (κ2) is 10.6. The number of piperidine rings is 1. The normalized spacial score (nSPS) is 23.6. The fourth-order valence-electron chi connectivity index (χ4n) is 5.55. The predicted octanol–water partition coefficient (Wildman–Crippen LogP) is 3.54. The molecule has 1 aromatic carbocycles. The topological polar surface area (TPSA) is 108 Å². The molecular formula is C28H29F2N5O5. The summed E-state index contributed by atoms with van der Waals surface area (Å²) in [5.74, 6) is -1.39. The third kappa shape index (κ3) is 4.71. The van der Waals surface area contributed by atoms with Crippen molar-refractivity contribution in [3.8, 4) is 22.8 Å². The van der Waals surface area contributed by atoms with Crippen LogP contribution in [0.25, 0.3) is 22.2 Å². The highest BCUT2D eigenvalue weighted by Crippen LogP contribution is 2.40. The maximum absolute atomic E-state index is 15.4. The summed E-state index contributed by atoms with van der Waals surface area (Å²) >= 11 is 0. The first-order chi connectivity index (χ1) is 19.4. The van der Waals surface area contributed by atoms with Crippen molar-refractivity contribution in [3.63, 3.8) is 0 Å². The molecule has 0 aliphatic carbocycles. The Morgan fingerprint density at radius 3 is 2.50 bits per heavy atom. The van der Waals surface area contributed by atoms with Crippen LogP contribution in [0.4, 0.5) is 20.5 Å². The van der Waals surface area contributed by atoms with Crippen LogP contribution in [-0.2, 0) is 14.3 Å². The number of rotatable bonds is 9. The van der Waals surface area contributed by atoms with Crippen molar-refractivity contribution in [2.24, 2.45) is 5.92 Å². The minimum absolute atomic E-state index is 0.0508. The van der Waals surface area contributed by atoms with Gasteiger partial charge in [-0.25, -0.2) is 23.7 Å². The van der Waals surface area contributed by atoms with E-state index in [-0.39, 0.29) is 52.7 Å². The van der Waals surface area contributed by atoms with Gasteiger partial charge in [-0.15, -0.1) is 0 Å². The molecule has 0 saturated carbocycles. The number of fused-ring (bicyclic) bond motifs is 3. The number of anilines is 2. The lowest BCUT2D eigenvalue weighted by molar-refractivity contribution is -0.133. The number of ether oxygens (including phenoxy) is 4. The Hall–Kier alpha value is -3.90. The Morgan fingerprint density at radius 1 is 1.15 bits per heavy atom. The van der Waals surface area contributed by atoms with Crippen molar-refractivity contribution in [1.29, 1.82) is 0 Å². The predicted molar refractivity (Wildman–Crippen MR) is 143 cm³/mol. The molecule has 10 nitrogen and oxygen atoms in total. The van der Waals surface area contributed by atoms with Crippen LogP contribution in [0, 0.1) is 17.6 Å². The van der Waals surface area contributed by atoms with Gasteiger partial charge in [0.15, 0.2) is 34.7 Å². The van der Waals surface area contributed by atoms with E-state index in [9.17, 15) is 4.79 Å². The van der Waals surface area contributed by atoms with Gasteiger partial charge in [0.25, 0.3) is 0 Å². The number of hydrogen-bond donors (Lipinski definition) is 1. The van der Waals surface area contributed by atoms with Crippen LogP contribution in [0.3, 0.4) is 0 Å². The van der Waals surface area contributed by atoms with Gasteiger partial charge in [-0.3, -0.25) is 4.79 Å². The Kier molecular flexibility index (Phi) is 6.97. The number of carbonyl (C=O) groups is 1. The van der Waals surface area contributed by atoms with Gasteiger partial charge < -0.3 is 29.2 Å². The number of aromatic nitrogens is 3. The first-order valence-corrected chi connectivity index (χ1v) is 13.1.